The summed E-state index contributed by atoms with van der Waals surface area (Å²) < 4.78 is 38.5. The fourth-order valence-electron chi connectivity index (χ4n) is 12.9. The third-order valence-electron chi connectivity index (χ3n) is 18.3. The first-order valence-corrected chi connectivity index (χ1v) is 34.0. The molecule has 35 heteroatoms. The third kappa shape index (κ3) is 16.6. The predicted octanol–water partition coefficient (Wildman–Crippen LogP) is 0.548. The number of ether oxygens (including phenoxy) is 6. The molecule has 2 fully saturated rings. The van der Waals surface area contributed by atoms with Crippen LogP contribution in [0.25, 0.3) is 11.1 Å². The number of halogens is 2. The summed E-state index contributed by atoms with van der Waals surface area (Å²) in [5.41, 5.74) is 8.66. The molecule has 0 aromatic heterocycles. The molecule has 8 amide bonds. The van der Waals surface area contributed by atoms with Crippen molar-refractivity contribution < 1.29 is 113 Å². The Bertz CT molecular complexity index is 4130. The lowest BCUT2D eigenvalue weighted by molar-refractivity contribution is -0.333. The van der Waals surface area contributed by atoms with Crippen LogP contribution < -0.4 is 68.2 Å². The Labute approximate surface area is 604 Å². The number of phenolic OH excluding ortho intramolecular Hbond substituents is 3. The van der Waals surface area contributed by atoms with Crippen LogP contribution in [0.1, 0.15) is 118 Å². The van der Waals surface area contributed by atoms with E-state index < -0.39 is 220 Å². The number of primary amides is 1. The van der Waals surface area contributed by atoms with Crippen LogP contribution >= 0.6 is 23.2 Å². The number of nitrogens with one attached hydrogen (secondary N) is 8. The zero-order valence-electron chi connectivity index (χ0n) is 56.8. The molecule has 1 unspecified atom stereocenters. The van der Waals surface area contributed by atoms with Crippen molar-refractivity contribution in [2.75, 3.05) is 20.2 Å². The second-order valence-corrected chi connectivity index (χ2v) is 27.5. The molecule has 11 bridgehead atoms. The van der Waals surface area contributed by atoms with Crippen molar-refractivity contribution in [3.8, 4) is 57.1 Å². The SMILES string of the molecule is CCCNC(=O)C1NC(=O)[C@H]2NC(=O)[C@H](NC(=O)[C@@H]3NC(=O)[C@H](CC(N)=O)NC(=O)[C@H](NC(=O)[C@@H](CC(C)C)NC)[C@H](O)c4ccc(c(Cl)c4)Oc4cc3cc(c4O[C@@H]3O[C@H](CO)[C@@H](O)[C@H](O)[C@H]3O[C@H]3C[C@](C)(N)[C@H](O)[C@H](C)O3)Oc3ccc(cc3Cl)[C@H]2O)c2ccc(O)c(c2)-c2c(O)cc(O)cc21. The predicted molar refractivity (Wildman–Crippen MR) is 365 cm³/mol. The van der Waals surface area contributed by atoms with Gasteiger partial charge in [-0.15, -0.1) is 0 Å². The molecule has 12 rings (SSSR count). The van der Waals surface area contributed by atoms with E-state index in [0.717, 1.165) is 60.7 Å². The van der Waals surface area contributed by atoms with Crippen molar-refractivity contribution in [2.24, 2.45) is 17.4 Å². The van der Waals surface area contributed by atoms with E-state index in [9.17, 15) is 65.1 Å². The molecule has 0 aliphatic carbocycles. The van der Waals surface area contributed by atoms with Gasteiger partial charge in [0.15, 0.2) is 23.9 Å². The molecule has 7 aliphatic heterocycles. The van der Waals surface area contributed by atoms with Gasteiger partial charge >= 0.3 is 0 Å². The summed E-state index contributed by atoms with van der Waals surface area (Å²) in [6.07, 6.45) is -18.0. The second-order valence-electron chi connectivity index (χ2n) is 26.7. The number of likely N-dealkylation sites (N-methyl/N-ethyl adjacent to an activating group) is 1. The van der Waals surface area contributed by atoms with Gasteiger partial charge in [-0.1, -0.05) is 62.2 Å². The average Bonchev–Trinajstić information content (AvgIpc) is 0.768. The summed E-state index contributed by atoms with van der Waals surface area (Å²) in [5.74, 6) is -14.4. The van der Waals surface area contributed by atoms with Crippen LogP contribution in [0, 0.1) is 5.92 Å². The third-order valence-corrected chi connectivity index (χ3v) is 18.9. The van der Waals surface area contributed by atoms with E-state index in [0.29, 0.717) is 6.42 Å². The first kappa shape index (κ1) is 77.4. The average molecular weight is 1490 g/mol. The standard InChI is InChI=1S/C69H82Cl2N10O23/c1-7-14-75-63(94)51-34-21-32(83)22-40(85)48(34)33-16-28(8-11-39(33)84)49-64(95)81-53(67(98)79-51)55(88)30-10-13-42(36(71)18-30)101-44-20-31-19-43(58(44)104-68-59(57(90)56(89)45(25-82)102-68)103-47-24-69(5,73)60(91)27(4)99-47)100-41-12-9-29(17-35(41)70)54(87)52(80-61(92)37(74-6)15-26(2)3)66(97)76-38(23-46(72)86)62(93)77-50(31)65(96)78-49/h8-13,16-22,26-27,37-38,45,47,49-57,59-60,68,74,82-85,87-91H,7,14-15,23-25,73H2,1-6H3,(H2,72,86)(H,75,94)(H,76,97)(H,77,93)(H,78,96)(H,79,98)(H,80,92)(H,81,95)/t27-,37+,38-,45+,47-,49+,50+,51?,52+,53-,54+,55+,56+,57-,59+,60+,68-,69-/m0/s1. The fraction of sp³-hybridized carbons (Fsp3) is 0.449. The van der Waals surface area contributed by atoms with E-state index in [1.807, 2.05) is 13.8 Å². The Morgan fingerprint density at radius 2 is 1.34 bits per heavy atom. The smallest absolute Gasteiger partial charge is 0.248 e. The van der Waals surface area contributed by atoms with Crippen LogP contribution in [0.3, 0.4) is 0 Å². The number of amides is 8. The number of nitrogens with two attached hydrogens (primary N) is 2. The molecule has 5 aromatic rings. The van der Waals surface area contributed by atoms with E-state index in [-0.39, 0.29) is 69.6 Å². The van der Waals surface area contributed by atoms with Crippen LogP contribution in [0.2, 0.25) is 10.0 Å². The zero-order valence-corrected chi connectivity index (χ0v) is 58.3. The molecule has 2 saturated heterocycles. The minimum Gasteiger partial charge on any atom is -0.508 e. The molecule has 18 atom stereocenters. The number of aromatic hydroxyl groups is 3. The van der Waals surface area contributed by atoms with Gasteiger partial charge in [-0.3, -0.25) is 38.4 Å². The van der Waals surface area contributed by atoms with Crippen LogP contribution in [0.5, 0.6) is 46.0 Å². The summed E-state index contributed by atoms with van der Waals surface area (Å²) in [6, 6.07) is 0.522. The molecule has 33 nitrogen and oxygen atoms in total. The minimum absolute atomic E-state index is 0.0242. The monoisotopic (exact) mass is 1490 g/mol. The molecule has 21 N–H and O–H groups in total. The molecule has 7 aliphatic rings. The Hall–Kier alpha value is -9.20. The summed E-state index contributed by atoms with van der Waals surface area (Å²) in [6.45, 7) is 7.45. The van der Waals surface area contributed by atoms with E-state index in [4.69, 9.17) is 63.1 Å². The minimum atomic E-state index is -2.33. The maximum absolute atomic E-state index is 16.1. The summed E-state index contributed by atoms with van der Waals surface area (Å²) >= 11 is 14.2. The maximum Gasteiger partial charge on any atom is 0.248 e. The normalized spacial score (nSPS) is 28.9. The topological polar surface area (TPSA) is 522 Å². The molecule has 104 heavy (non-hydrogen) atoms. The lowest BCUT2D eigenvalue weighted by Gasteiger charge is -2.47. The molecular weight excluding hydrogens is 1410 g/mol. The van der Waals surface area contributed by atoms with E-state index in [1.165, 1.54) is 39.1 Å². The number of benzene rings is 5. The van der Waals surface area contributed by atoms with Crippen LogP contribution in [0.15, 0.2) is 78.9 Å². The number of aliphatic hydroxyl groups excluding tert-OH is 6. The van der Waals surface area contributed by atoms with Gasteiger partial charge in [0.05, 0.1) is 41.3 Å². The molecule has 0 spiro atoms. The Morgan fingerprint density at radius 1 is 0.721 bits per heavy atom. The van der Waals surface area contributed by atoms with Gasteiger partial charge < -0.3 is 128 Å². The highest BCUT2D eigenvalue weighted by molar-refractivity contribution is 6.32. The number of hydrogen-bond acceptors (Lipinski definition) is 25. The highest BCUT2D eigenvalue weighted by Crippen LogP contribution is 2.50. The molecular formula is C69H82Cl2N10O23. The lowest BCUT2D eigenvalue weighted by Crippen LogP contribution is -2.64. The number of fused-ring (bicyclic) bond motifs is 15. The lowest BCUT2D eigenvalue weighted by atomic mass is 9.86. The number of hydrogen-bond donors (Lipinski definition) is 19. The van der Waals surface area contributed by atoms with Crippen LogP contribution in [-0.2, 0) is 52.6 Å². The van der Waals surface area contributed by atoms with Crippen LogP contribution in [-0.4, -0.2) is 192 Å². The van der Waals surface area contributed by atoms with Gasteiger partial charge in [0.1, 0.15) is 95.5 Å². The highest BCUT2D eigenvalue weighted by atomic mass is 35.5. The molecule has 5 aromatic carbocycles. The number of phenols is 3. The number of rotatable bonds is 15. The van der Waals surface area contributed by atoms with Gasteiger partial charge in [0.2, 0.25) is 59.3 Å². The number of carbonyl (C=O) groups is 8. The first-order valence-electron chi connectivity index (χ1n) is 33.2. The van der Waals surface area contributed by atoms with E-state index in [1.54, 1.807) is 6.92 Å². The van der Waals surface area contributed by atoms with E-state index >= 15 is 19.2 Å². The van der Waals surface area contributed by atoms with Crippen molar-refractivity contribution in [3.05, 3.63) is 117 Å². The van der Waals surface area contributed by atoms with Crippen molar-refractivity contribution >= 4 is 70.5 Å². The molecule has 7 heterocycles. The summed E-state index contributed by atoms with van der Waals surface area (Å²) in [5, 5.41) is 124. The molecule has 560 valence electrons. The van der Waals surface area contributed by atoms with Crippen molar-refractivity contribution in [2.45, 2.75) is 170 Å². The fourth-order valence-corrected chi connectivity index (χ4v) is 13.3. The number of carbonyl (C=O) groups excluding carboxylic acids is 8. The van der Waals surface area contributed by atoms with Gasteiger partial charge in [0, 0.05) is 35.7 Å². The zero-order chi connectivity index (χ0) is 75.7. The van der Waals surface area contributed by atoms with Crippen LogP contribution in [0.4, 0.5) is 0 Å². The van der Waals surface area contributed by atoms with Gasteiger partial charge in [0.25, 0.3) is 0 Å². The Balaban J connectivity index is 1.24. The maximum atomic E-state index is 16.1. The second kappa shape index (κ2) is 32.0. The Morgan fingerprint density at radius 3 is 1.93 bits per heavy atom. The highest BCUT2D eigenvalue weighted by Gasteiger charge is 2.52. The number of aliphatic hydroxyl groups is 6. The molecule has 0 radical (unpaired) electrons. The summed E-state index contributed by atoms with van der Waals surface area (Å²) in [4.78, 5) is 119. The van der Waals surface area contributed by atoms with Gasteiger partial charge in [-0.2, -0.15) is 0 Å². The largest absolute Gasteiger partial charge is 0.508 e. The quantitative estimate of drug-likeness (QED) is 0.0680. The van der Waals surface area contributed by atoms with Gasteiger partial charge in [-0.25, -0.2) is 0 Å². The first-order chi connectivity index (χ1) is 49.2. The van der Waals surface area contributed by atoms with Gasteiger partial charge in [-0.05, 0) is 122 Å². The van der Waals surface area contributed by atoms with E-state index in [2.05, 4.69) is 42.5 Å². The van der Waals surface area contributed by atoms with Crippen molar-refractivity contribution in [3.63, 3.8) is 0 Å². The molecule has 0 saturated carbocycles. The van der Waals surface area contributed by atoms with Crippen molar-refractivity contribution in [1.82, 2.24) is 42.5 Å². The van der Waals surface area contributed by atoms with Crippen molar-refractivity contribution in [1.29, 1.82) is 0 Å². The Kier molecular flexibility index (Phi) is 23.8. The summed E-state index contributed by atoms with van der Waals surface area (Å²) in [7, 11) is 1.48.